The Labute approximate surface area is 79.4 Å². The van der Waals surface area contributed by atoms with Gasteiger partial charge in [0.1, 0.15) is 11.6 Å². The third kappa shape index (κ3) is 3.74. The molecule has 0 saturated carbocycles. The molecule has 0 radical (unpaired) electrons. The van der Waals surface area contributed by atoms with Gasteiger partial charge in [-0.3, -0.25) is 4.79 Å². The van der Waals surface area contributed by atoms with Crippen molar-refractivity contribution in [3.05, 3.63) is 0 Å². The zero-order chi connectivity index (χ0) is 10.9. The van der Waals surface area contributed by atoms with Gasteiger partial charge < -0.3 is 14.7 Å². The van der Waals surface area contributed by atoms with Crippen molar-refractivity contribution in [2.24, 2.45) is 0 Å². The molecule has 78 valence electrons. The average Bonchev–Trinajstić information content (AvgIpc) is 1.80. The molecule has 2 N–H and O–H groups in total. The first kappa shape index (κ1) is 12.4. The predicted octanol–water partition coefficient (Wildman–Crippen LogP) is 0.307. The molecule has 0 aromatic heterocycles. The van der Waals surface area contributed by atoms with Gasteiger partial charge in [0.05, 0.1) is 27.6 Å². The summed E-state index contributed by atoms with van der Waals surface area (Å²) in [6.07, 6.45) is -0.219. The first-order chi connectivity index (χ1) is 5.57. The minimum absolute atomic E-state index is 0.122. The molecular weight excluding hydrogens is 174 g/mol. The predicted molar refractivity (Wildman–Crippen MR) is 50.4 cm³/mol. The number of aliphatic hydroxyl groups is 1. The highest BCUT2D eigenvalue weighted by molar-refractivity contribution is 5.68. The second-order valence-electron chi connectivity index (χ2n) is 4.72. The summed E-state index contributed by atoms with van der Waals surface area (Å²) < 4.78 is 0.542. The Kier molecular flexibility index (Phi) is 3.47. The minimum atomic E-state index is -1.16. The van der Waals surface area contributed by atoms with Crippen LogP contribution in [0, 0.1) is 0 Å². The molecule has 0 fully saturated rings. The smallest absolute Gasteiger partial charge is 0.306 e. The number of rotatable bonds is 4. The van der Waals surface area contributed by atoms with E-state index in [0.29, 0.717) is 4.48 Å². The van der Waals surface area contributed by atoms with Crippen LogP contribution < -0.4 is 0 Å². The highest BCUT2D eigenvalue weighted by atomic mass is 16.4. The Morgan fingerprint density at radius 2 is 1.92 bits per heavy atom. The SMILES string of the molecule is C[N+](C)(C)C([14CH3])C([14CH3])(O)CC(=O)O. The van der Waals surface area contributed by atoms with Gasteiger partial charge in [-0.25, -0.2) is 0 Å². The van der Waals surface area contributed by atoms with Gasteiger partial charge in [-0.1, -0.05) is 0 Å². The number of aliphatic carboxylic acids is 1. The molecule has 0 rings (SSSR count). The third-order valence-electron chi connectivity index (χ3n) is 2.57. The fraction of sp³-hybridized carbons (Fsp3) is 0.889. The van der Waals surface area contributed by atoms with Crippen LogP contribution in [0.3, 0.4) is 0 Å². The molecule has 2 atom stereocenters. The number of hydrogen-bond acceptors (Lipinski definition) is 2. The zero-order valence-corrected chi connectivity index (χ0v) is 9.03. The summed E-state index contributed by atoms with van der Waals surface area (Å²) in [5, 5.41) is 18.5. The van der Waals surface area contributed by atoms with Gasteiger partial charge in [-0.2, -0.15) is 0 Å². The molecule has 4 nitrogen and oxygen atoms in total. The summed E-state index contributed by atoms with van der Waals surface area (Å²) >= 11 is 0. The number of hydrogen-bond donors (Lipinski definition) is 2. The van der Waals surface area contributed by atoms with E-state index < -0.39 is 11.6 Å². The Balaban J connectivity index is 4.54. The molecule has 4 heteroatoms. The van der Waals surface area contributed by atoms with Gasteiger partial charge in [-0.15, -0.1) is 0 Å². The molecule has 0 aliphatic rings. The number of quaternary nitrogens is 1. The van der Waals surface area contributed by atoms with E-state index in [1.807, 2.05) is 28.1 Å². The zero-order valence-electron chi connectivity index (χ0n) is 9.03. The lowest BCUT2D eigenvalue weighted by Crippen LogP contribution is -2.56. The second kappa shape index (κ2) is 3.64. The van der Waals surface area contributed by atoms with E-state index in [-0.39, 0.29) is 12.5 Å². The van der Waals surface area contributed by atoms with E-state index in [2.05, 4.69) is 0 Å². The topological polar surface area (TPSA) is 57.5 Å². The second-order valence-corrected chi connectivity index (χ2v) is 4.72. The third-order valence-corrected chi connectivity index (χ3v) is 2.57. The largest absolute Gasteiger partial charge is 0.481 e. The van der Waals surface area contributed by atoms with Crippen molar-refractivity contribution >= 4 is 5.97 Å². The summed E-state index contributed by atoms with van der Waals surface area (Å²) in [7, 11) is 5.79. The number of carboxylic acid groups (broad SMARTS) is 1. The van der Waals surface area contributed by atoms with Crippen molar-refractivity contribution in [2.75, 3.05) is 21.1 Å². The van der Waals surface area contributed by atoms with E-state index in [9.17, 15) is 9.90 Å². The van der Waals surface area contributed by atoms with E-state index in [4.69, 9.17) is 5.11 Å². The standard InChI is InChI=1S/C9H19NO3/c1-7(10(3,4)5)9(2,13)6-8(11)12/h7,13H,6H2,1-5H3/p+1/i1+2,2+2. The lowest BCUT2D eigenvalue weighted by Gasteiger charge is -2.39. The van der Waals surface area contributed by atoms with Gasteiger partial charge in [0.25, 0.3) is 0 Å². The Hall–Kier alpha value is -0.610. The lowest BCUT2D eigenvalue weighted by molar-refractivity contribution is -0.901. The first-order valence-electron chi connectivity index (χ1n) is 4.32. The quantitative estimate of drug-likeness (QED) is 0.633. The average molecular weight is 194 g/mol. The minimum Gasteiger partial charge on any atom is -0.481 e. The molecule has 2 unspecified atom stereocenters. The van der Waals surface area contributed by atoms with Crippen LogP contribution in [0.2, 0.25) is 0 Å². The van der Waals surface area contributed by atoms with Crippen molar-refractivity contribution in [3.8, 4) is 0 Å². The first-order valence-corrected chi connectivity index (χ1v) is 4.32. The Morgan fingerprint density at radius 1 is 1.54 bits per heavy atom. The number of carboxylic acids is 1. The van der Waals surface area contributed by atoms with E-state index >= 15 is 0 Å². The van der Waals surface area contributed by atoms with Crippen molar-refractivity contribution in [1.82, 2.24) is 0 Å². The van der Waals surface area contributed by atoms with Crippen LogP contribution in [0.15, 0.2) is 0 Å². The summed E-state index contributed by atoms with van der Waals surface area (Å²) in [5.41, 5.74) is -1.16. The molecule has 0 aliphatic carbocycles. The van der Waals surface area contributed by atoms with Crippen molar-refractivity contribution in [1.29, 1.82) is 0 Å². The maximum Gasteiger partial charge on any atom is 0.306 e. The van der Waals surface area contributed by atoms with Crippen LogP contribution in [-0.2, 0) is 4.79 Å². The van der Waals surface area contributed by atoms with Crippen LogP contribution >= 0.6 is 0 Å². The van der Waals surface area contributed by atoms with Crippen LogP contribution in [0.5, 0.6) is 0 Å². The Bertz CT molecular complexity index is 194. The van der Waals surface area contributed by atoms with Crippen molar-refractivity contribution in [2.45, 2.75) is 31.9 Å². The summed E-state index contributed by atoms with van der Waals surface area (Å²) in [6, 6.07) is -0.122. The molecule has 0 spiro atoms. The molecule has 0 aromatic carbocycles. The van der Waals surface area contributed by atoms with Crippen molar-refractivity contribution < 1.29 is 19.5 Å². The molecule has 0 amide bonds. The monoisotopic (exact) mass is 194 g/mol. The van der Waals surface area contributed by atoms with Crippen LogP contribution in [0.1, 0.15) is 20.3 Å². The normalized spacial score (nSPS) is 19.2. The van der Waals surface area contributed by atoms with E-state index in [0.717, 1.165) is 0 Å². The van der Waals surface area contributed by atoms with Crippen LogP contribution in [0.25, 0.3) is 0 Å². The van der Waals surface area contributed by atoms with E-state index in [1.54, 1.807) is 6.92 Å². The maximum absolute atomic E-state index is 10.5. The summed E-state index contributed by atoms with van der Waals surface area (Å²) in [6.45, 7) is 3.41. The molecule has 0 bridgehead atoms. The number of nitrogens with zero attached hydrogens (tertiary/aromatic N) is 1. The van der Waals surface area contributed by atoms with Gasteiger partial charge >= 0.3 is 5.97 Å². The maximum atomic E-state index is 10.5. The molecule has 13 heavy (non-hydrogen) atoms. The van der Waals surface area contributed by atoms with Gasteiger partial charge in [0, 0.05) is 0 Å². The lowest BCUT2D eigenvalue weighted by atomic mass is 10.1. The molecule has 0 saturated heterocycles. The number of likely N-dealkylation sites (N-methyl/N-ethyl adjacent to an activating group) is 1. The van der Waals surface area contributed by atoms with Gasteiger partial charge in [0.2, 0.25) is 0 Å². The fourth-order valence-corrected chi connectivity index (χ4v) is 1.29. The summed E-state index contributed by atoms with van der Waals surface area (Å²) in [5.74, 6) is -0.967. The Morgan fingerprint density at radius 3 is 2.15 bits per heavy atom. The molecule has 0 aromatic rings. The number of carbonyl (C=O) groups is 1. The fourth-order valence-electron chi connectivity index (χ4n) is 1.29. The molecular formula is C9H20NO3+. The van der Waals surface area contributed by atoms with Crippen LogP contribution in [0.4, 0.5) is 0 Å². The highest BCUT2D eigenvalue weighted by Crippen LogP contribution is 2.21. The molecule has 0 aliphatic heterocycles. The summed E-state index contributed by atoms with van der Waals surface area (Å²) in [4.78, 5) is 10.5. The van der Waals surface area contributed by atoms with Crippen LogP contribution in [-0.4, -0.2) is 53.5 Å². The van der Waals surface area contributed by atoms with E-state index in [1.165, 1.54) is 0 Å². The van der Waals surface area contributed by atoms with Crippen molar-refractivity contribution in [3.63, 3.8) is 0 Å². The van der Waals surface area contributed by atoms with Gasteiger partial charge in [0.15, 0.2) is 0 Å². The highest BCUT2D eigenvalue weighted by Gasteiger charge is 2.39. The molecule has 0 heterocycles. The van der Waals surface area contributed by atoms with Gasteiger partial charge in [-0.05, 0) is 13.8 Å².